The summed E-state index contributed by atoms with van der Waals surface area (Å²) in [6.45, 7) is 8.77. The normalized spacial score (nSPS) is 7.55. The van der Waals surface area contributed by atoms with Crippen LogP contribution in [0.5, 0.6) is 0 Å². The van der Waals surface area contributed by atoms with Gasteiger partial charge in [-0.1, -0.05) is 6.58 Å². The summed E-state index contributed by atoms with van der Waals surface area (Å²) in [7, 11) is 0. The zero-order chi connectivity index (χ0) is 9.11. The van der Waals surface area contributed by atoms with Crippen LogP contribution in [0.1, 0.15) is 13.8 Å². The molecule has 0 fully saturated rings. The van der Waals surface area contributed by atoms with Gasteiger partial charge in [0.25, 0.3) is 0 Å². The maximum atomic E-state index is 9.76. The molecule has 0 aliphatic carbocycles. The van der Waals surface area contributed by atoms with Crippen LogP contribution in [0.25, 0.3) is 0 Å². The molecule has 0 saturated heterocycles. The average molecular weight is 178 g/mol. The van der Waals surface area contributed by atoms with Crippen LogP contribution in [0.4, 0.5) is 0 Å². The lowest BCUT2D eigenvalue weighted by Gasteiger charge is -1.86. The van der Waals surface area contributed by atoms with Crippen molar-refractivity contribution in [3.8, 4) is 0 Å². The van der Waals surface area contributed by atoms with E-state index in [0.717, 1.165) is 19.3 Å². The number of rotatable bonds is 3. The third kappa shape index (κ3) is 17.7. The van der Waals surface area contributed by atoms with E-state index in [1.807, 2.05) is 13.8 Å². The van der Waals surface area contributed by atoms with E-state index in [9.17, 15) is 4.79 Å². The Balaban J connectivity index is 0. The molecule has 0 bridgehead atoms. The van der Waals surface area contributed by atoms with Crippen molar-refractivity contribution in [1.29, 1.82) is 0 Å². The molecule has 0 rings (SSSR count). The lowest BCUT2D eigenvalue weighted by molar-refractivity contribution is -0.127. The molecule has 4 heteroatoms. The number of thiol groups is 1. The van der Waals surface area contributed by atoms with Crippen molar-refractivity contribution in [2.24, 2.45) is 0 Å². The van der Waals surface area contributed by atoms with Gasteiger partial charge in [-0.15, -0.1) is 0 Å². The number of hydrogen-bond donors (Lipinski definition) is 1. The molecule has 0 aromatic heterocycles. The zero-order valence-corrected chi connectivity index (χ0v) is 7.77. The van der Waals surface area contributed by atoms with Crippen LogP contribution < -0.4 is 0 Å². The lowest BCUT2D eigenvalue weighted by atomic mass is 10.7. The summed E-state index contributed by atoms with van der Waals surface area (Å²) in [6, 6.07) is 0. The Hall–Kier alpha value is -0.480. The van der Waals surface area contributed by atoms with Crippen molar-refractivity contribution in [2.45, 2.75) is 13.8 Å². The first kappa shape index (κ1) is 13.1. The summed E-state index contributed by atoms with van der Waals surface area (Å²) in [6.07, 6.45) is 1.03. The summed E-state index contributed by atoms with van der Waals surface area (Å²) in [5.74, 6) is -0.529. The molecular formula is C7H14O3S. The Morgan fingerprint density at radius 1 is 1.55 bits per heavy atom. The highest BCUT2D eigenvalue weighted by Crippen LogP contribution is 1.78. The van der Waals surface area contributed by atoms with E-state index in [1.165, 1.54) is 0 Å². The Kier molecular flexibility index (Phi) is 14.6. The second-order valence-electron chi connectivity index (χ2n) is 1.40. The highest BCUT2D eigenvalue weighted by Gasteiger charge is 1.83. The summed E-state index contributed by atoms with van der Waals surface area (Å²) >= 11 is 3.17. The number of carbonyl (C=O) groups excluding carboxylic acids is 1. The van der Waals surface area contributed by atoms with Gasteiger partial charge in [-0.3, -0.25) is 0 Å². The van der Waals surface area contributed by atoms with Gasteiger partial charge in [0.05, 0.1) is 0 Å². The molecule has 0 heterocycles. The van der Waals surface area contributed by atoms with Gasteiger partial charge in [-0.05, 0) is 13.8 Å². The standard InChI is InChI=1S/C4H10O.C3H4O2S/c1-3-5-4-2;1-2-3(4)5-6/h3-4H2,1-2H3;2,6H,1H2. The molecule has 66 valence electrons. The van der Waals surface area contributed by atoms with Crippen LogP contribution in [0.2, 0.25) is 0 Å². The highest BCUT2D eigenvalue weighted by molar-refractivity contribution is 7.75. The van der Waals surface area contributed by atoms with Crippen molar-refractivity contribution in [1.82, 2.24) is 0 Å². The lowest BCUT2D eigenvalue weighted by Crippen LogP contribution is -1.86. The minimum atomic E-state index is -0.529. The Morgan fingerprint density at radius 3 is 2.00 bits per heavy atom. The first-order valence-corrected chi connectivity index (χ1v) is 3.64. The Morgan fingerprint density at radius 2 is 2.00 bits per heavy atom. The molecule has 0 aromatic carbocycles. The maximum Gasteiger partial charge on any atom is 0.341 e. The van der Waals surface area contributed by atoms with Crippen LogP contribution in [0.15, 0.2) is 12.7 Å². The summed E-state index contributed by atoms with van der Waals surface area (Å²) < 4.78 is 8.67. The second kappa shape index (κ2) is 12.2. The van der Waals surface area contributed by atoms with Crippen LogP contribution in [-0.2, 0) is 13.7 Å². The molecule has 0 saturated carbocycles. The molecule has 0 aromatic rings. The average Bonchev–Trinajstić information content (AvgIpc) is 2.06. The van der Waals surface area contributed by atoms with Crippen molar-refractivity contribution in [2.75, 3.05) is 13.2 Å². The Bertz CT molecular complexity index is 102. The monoisotopic (exact) mass is 178 g/mol. The fourth-order valence-electron chi connectivity index (χ4n) is 0.241. The van der Waals surface area contributed by atoms with E-state index in [4.69, 9.17) is 4.74 Å². The van der Waals surface area contributed by atoms with Crippen LogP contribution in [0.3, 0.4) is 0 Å². The third-order valence-corrected chi connectivity index (χ3v) is 0.845. The molecule has 0 aliphatic rings. The van der Waals surface area contributed by atoms with Crippen LogP contribution in [-0.4, -0.2) is 19.2 Å². The van der Waals surface area contributed by atoms with Crippen LogP contribution in [0, 0.1) is 0 Å². The van der Waals surface area contributed by atoms with Crippen molar-refractivity contribution in [3.05, 3.63) is 12.7 Å². The van der Waals surface area contributed by atoms with E-state index < -0.39 is 5.97 Å². The predicted molar refractivity (Wildman–Crippen MR) is 47.4 cm³/mol. The fraction of sp³-hybridized carbons (Fsp3) is 0.571. The van der Waals surface area contributed by atoms with E-state index in [2.05, 4.69) is 23.7 Å². The van der Waals surface area contributed by atoms with Gasteiger partial charge < -0.3 is 8.92 Å². The Labute approximate surface area is 73.0 Å². The molecule has 0 unspecified atom stereocenters. The molecule has 0 aliphatic heterocycles. The van der Waals surface area contributed by atoms with E-state index >= 15 is 0 Å². The largest absolute Gasteiger partial charge is 0.391 e. The first-order valence-electron chi connectivity index (χ1n) is 3.28. The molecule has 0 atom stereocenters. The SMILES string of the molecule is C=CC(=O)OS.CCOCC. The van der Waals surface area contributed by atoms with Crippen molar-refractivity contribution < 1.29 is 13.7 Å². The molecule has 0 N–H and O–H groups in total. The van der Waals surface area contributed by atoms with Gasteiger partial charge in [0, 0.05) is 32.2 Å². The van der Waals surface area contributed by atoms with Gasteiger partial charge in [0.1, 0.15) is 0 Å². The van der Waals surface area contributed by atoms with Gasteiger partial charge in [-0.2, -0.15) is 0 Å². The molecule has 11 heavy (non-hydrogen) atoms. The van der Waals surface area contributed by atoms with E-state index in [0.29, 0.717) is 0 Å². The maximum absolute atomic E-state index is 9.76. The topological polar surface area (TPSA) is 35.5 Å². The summed E-state index contributed by atoms with van der Waals surface area (Å²) in [5.41, 5.74) is 0. The first-order chi connectivity index (χ1) is 5.22. The van der Waals surface area contributed by atoms with Crippen LogP contribution >= 0.6 is 12.9 Å². The van der Waals surface area contributed by atoms with Crippen molar-refractivity contribution in [3.63, 3.8) is 0 Å². The summed E-state index contributed by atoms with van der Waals surface area (Å²) in [4.78, 5) is 9.76. The van der Waals surface area contributed by atoms with E-state index in [1.54, 1.807) is 0 Å². The zero-order valence-electron chi connectivity index (χ0n) is 6.87. The molecule has 0 amide bonds. The van der Waals surface area contributed by atoms with E-state index in [-0.39, 0.29) is 0 Å². The quantitative estimate of drug-likeness (QED) is 0.405. The van der Waals surface area contributed by atoms with Gasteiger partial charge in [0.15, 0.2) is 0 Å². The van der Waals surface area contributed by atoms with Gasteiger partial charge in [0.2, 0.25) is 0 Å². The number of ether oxygens (including phenoxy) is 1. The molecular weight excluding hydrogens is 164 g/mol. The number of hydrogen-bond acceptors (Lipinski definition) is 4. The highest BCUT2D eigenvalue weighted by atomic mass is 32.1. The molecule has 0 spiro atoms. The predicted octanol–water partition coefficient (Wildman–Crippen LogP) is 1.60. The third-order valence-electron chi connectivity index (χ3n) is 0.665. The summed E-state index contributed by atoms with van der Waals surface area (Å²) in [5, 5.41) is 0. The van der Waals surface area contributed by atoms with Gasteiger partial charge in [-0.25, -0.2) is 4.79 Å². The fourth-order valence-corrected chi connectivity index (χ4v) is 0.316. The molecule has 3 nitrogen and oxygen atoms in total. The minimum absolute atomic E-state index is 0.529. The number of carbonyl (C=O) groups is 1. The smallest absolute Gasteiger partial charge is 0.341 e. The van der Waals surface area contributed by atoms with Crippen molar-refractivity contribution >= 4 is 18.9 Å². The second-order valence-corrected chi connectivity index (χ2v) is 1.58. The molecule has 0 radical (unpaired) electrons. The minimum Gasteiger partial charge on any atom is -0.391 e. The van der Waals surface area contributed by atoms with Gasteiger partial charge >= 0.3 is 5.97 Å².